The first-order valence-corrected chi connectivity index (χ1v) is 10.4. The van der Waals surface area contributed by atoms with E-state index in [9.17, 15) is 0 Å². The van der Waals surface area contributed by atoms with Crippen molar-refractivity contribution in [2.75, 3.05) is 18.8 Å². The Morgan fingerprint density at radius 3 is 2.38 bits per heavy atom. The third kappa shape index (κ3) is 4.15. The van der Waals surface area contributed by atoms with Crippen LogP contribution >= 0.6 is 23.4 Å². The van der Waals surface area contributed by atoms with Crippen LogP contribution in [-0.2, 0) is 6.54 Å². The summed E-state index contributed by atoms with van der Waals surface area (Å²) in [6, 6.07) is 27.7. The van der Waals surface area contributed by atoms with Gasteiger partial charge in [-0.05, 0) is 22.8 Å². The van der Waals surface area contributed by atoms with Crippen molar-refractivity contribution in [2.24, 2.45) is 0 Å². The zero-order valence-corrected chi connectivity index (χ0v) is 16.2. The maximum Gasteiger partial charge on any atom is 0.0484 e. The third-order valence-corrected chi connectivity index (χ3v) is 6.44. The molecule has 0 saturated carbocycles. The van der Waals surface area contributed by atoms with Crippen LogP contribution < -0.4 is 0 Å². The zero-order chi connectivity index (χ0) is 17.8. The molecule has 3 aromatic carbocycles. The van der Waals surface area contributed by atoms with Gasteiger partial charge in [-0.25, -0.2) is 0 Å². The minimum absolute atomic E-state index is 0.576. The first-order chi connectivity index (χ1) is 12.8. The van der Waals surface area contributed by atoms with Gasteiger partial charge in [-0.15, -0.1) is 0 Å². The van der Waals surface area contributed by atoms with E-state index in [4.69, 9.17) is 11.6 Å². The van der Waals surface area contributed by atoms with Crippen LogP contribution in [0.5, 0.6) is 0 Å². The molecule has 0 aromatic heterocycles. The highest BCUT2D eigenvalue weighted by atomic mass is 35.5. The van der Waals surface area contributed by atoms with Crippen molar-refractivity contribution in [3.05, 3.63) is 95.0 Å². The number of rotatable bonds is 4. The SMILES string of the molecule is Clc1ccccc1-c1ccc(CN2CCSC(c3ccccc3)C2)cc1. The van der Waals surface area contributed by atoms with Crippen LogP contribution in [0.15, 0.2) is 78.9 Å². The maximum absolute atomic E-state index is 6.32. The number of hydrogen-bond acceptors (Lipinski definition) is 2. The van der Waals surface area contributed by atoms with Crippen LogP contribution in [0.4, 0.5) is 0 Å². The third-order valence-electron chi connectivity index (χ3n) is 4.87. The second-order valence-electron chi connectivity index (χ2n) is 6.68. The molecule has 1 atom stereocenters. The van der Waals surface area contributed by atoms with E-state index in [0.717, 1.165) is 30.2 Å². The molecule has 1 aliphatic rings. The van der Waals surface area contributed by atoms with Gasteiger partial charge < -0.3 is 0 Å². The van der Waals surface area contributed by atoms with Gasteiger partial charge in [0, 0.05) is 41.2 Å². The minimum Gasteiger partial charge on any atom is -0.297 e. The van der Waals surface area contributed by atoms with E-state index >= 15 is 0 Å². The summed E-state index contributed by atoms with van der Waals surface area (Å²) < 4.78 is 0. The molecular weight excluding hydrogens is 358 g/mol. The topological polar surface area (TPSA) is 3.24 Å². The second-order valence-corrected chi connectivity index (χ2v) is 8.40. The minimum atomic E-state index is 0.576. The number of halogens is 1. The molecule has 1 aliphatic heterocycles. The van der Waals surface area contributed by atoms with E-state index in [1.165, 1.54) is 22.4 Å². The van der Waals surface area contributed by atoms with Crippen LogP contribution in [0, 0.1) is 0 Å². The first-order valence-electron chi connectivity index (χ1n) is 9.02. The Balaban J connectivity index is 1.43. The molecule has 4 rings (SSSR count). The van der Waals surface area contributed by atoms with Gasteiger partial charge in [0.25, 0.3) is 0 Å². The van der Waals surface area contributed by atoms with Crippen LogP contribution in [0.3, 0.4) is 0 Å². The van der Waals surface area contributed by atoms with Crippen molar-refractivity contribution < 1.29 is 0 Å². The molecule has 0 radical (unpaired) electrons. The lowest BCUT2D eigenvalue weighted by molar-refractivity contribution is 0.275. The average Bonchev–Trinajstić information content (AvgIpc) is 2.70. The quantitative estimate of drug-likeness (QED) is 0.523. The van der Waals surface area contributed by atoms with Crippen LogP contribution in [0.1, 0.15) is 16.4 Å². The molecule has 1 saturated heterocycles. The van der Waals surface area contributed by atoms with E-state index < -0.39 is 0 Å². The highest BCUT2D eigenvalue weighted by molar-refractivity contribution is 7.99. The molecule has 26 heavy (non-hydrogen) atoms. The van der Waals surface area contributed by atoms with E-state index in [2.05, 4.69) is 77.3 Å². The van der Waals surface area contributed by atoms with Crippen LogP contribution in [0.25, 0.3) is 11.1 Å². The summed E-state index contributed by atoms with van der Waals surface area (Å²) in [5.41, 5.74) is 5.07. The molecule has 1 nitrogen and oxygen atoms in total. The molecule has 0 amide bonds. The number of thioether (sulfide) groups is 1. The van der Waals surface area contributed by atoms with Gasteiger partial charge in [-0.2, -0.15) is 11.8 Å². The highest BCUT2D eigenvalue weighted by Crippen LogP contribution is 2.34. The summed E-state index contributed by atoms with van der Waals surface area (Å²) >= 11 is 8.39. The molecule has 3 aromatic rings. The zero-order valence-electron chi connectivity index (χ0n) is 14.6. The van der Waals surface area contributed by atoms with Crippen LogP contribution in [-0.4, -0.2) is 23.7 Å². The molecule has 1 fully saturated rings. The Kier molecular flexibility index (Phi) is 5.64. The molecule has 0 bridgehead atoms. The van der Waals surface area contributed by atoms with Crippen LogP contribution in [0.2, 0.25) is 5.02 Å². The smallest absolute Gasteiger partial charge is 0.0484 e. The summed E-state index contributed by atoms with van der Waals surface area (Å²) in [5.74, 6) is 1.19. The summed E-state index contributed by atoms with van der Waals surface area (Å²) in [6.45, 7) is 3.27. The fraction of sp³-hybridized carbons (Fsp3) is 0.217. The average molecular weight is 380 g/mol. The number of nitrogens with zero attached hydrogens (tertiary/aromatic N) is 1. The van der Waals surface area contributed by atoms with Gasteiger partial charge in [0.05, 0.1) is 0 Å². The Morgan fingerprint density at radius 2 is 1.62 bits per heavy atom. The lowest BCUT2D eigenvalue weighted by Gasteiger charge is -2.32. The van der Waals surface area contributed by atoms with Gasteiger partial charge in [-0.1, -0.05) is 84.4 Å². The van der Waals surface area contributed by atoms with E-state index in [1.807, 2.05) is 18.2 Å². The highest BCUT2D eigenvalue weighted by Gasteiger charge is 2.21. The van der Waals surface area contributed by atoms with Crippen molar-refractivity contribution in [3.8, 4) is 11.1 Å². The Bertz CT molecular complexity index is 848. The van der Waals surface area contributed by atoms with Crippen molar-refractivity contribution in [1.82, 2.24) is 4.90 Å². The van der Waals surface area contributed by atoms with E-state index in [1.54, 1.807) is 0 Å². The van der Waals surface area contributed by atoms with Crippen molar-refractivity contribution in [2.45, 2.75) is 11.8 Å². The maximum atomic E-state index is 6.32. The Labute approximate surface area is 165 Å². The summed E-state index contributed by atoms with van der Waals surface area (Å²) in [4.78, 5) is 2.57. The molecule has 0 N–H and O–H groups in total. The molecular formula is C23H22ClNS. The lowest BCUT2D eigenvalue weighted by atomic mass is 10.0. The fourth-order valence-electron chi connectivity index (χ4n) is 3.46. The van der Waals surface area contributed by atoms with Gasteiger partial charge in [-0.3, -0.25) is 4.90 Å². The monoisotopic (exact) mass is 379 g/mol. The first kappa shape index (κ1) is 17.7. The Morgan fingerprint density at radius 1 is 0.885 bits per heavy atom. The fourth-order valence-corrected chi connectivity index (χ4v) is 5.02. The van der Waals surface area contributed by atoms with Gasteiger partial charge in [0.15, 0.2) is 0 Å². The second kappa shape index (κ2) is 8.30. The predicted molar refractivity (Wildman–Crippen MR) is 114 cm³/mol. The Hall–Kier alpha value is -1.74. The van der Waals surface area contributed by atoms with Gasteiger partial charge >= 0.3 is 0 Å². The van der Waals surface area contributed by atoms with Gasteiger partial charge in [0.1, 0.15) is 0 Å². The molecule has 1 heterocycles. The molecule has 0 aliphatic carbocycles. The largest absolute Gasteiger partial charge is 0.297 e. The van der Waals surface area contributed by atoms with Crippen molar-refractivity contribution >= 4 is 23.4 Å². The van der Waals surface area contributed by atoms with Crippen molar-refractivity contribution in [3.63, 3.8) is 0 Å². The van der Waals surface area contributed by atoms with Gasteiger partial charge in [0.2, 0.25) is 0 Å². The normalized spacial score (nSPS) is 18.0. The standard InChI is InChI=1S/C23H22ClNS/c24-22-9-5-4-8-21(22)19-12-10-18(11-13-19)16-25-14-15-26-23(17-25)20-6-2-1-3-7-20/h1-13,23H,14-17H2. The number of benzene rings is 3. The summed E-state index contributed by atoms with van der Waals surface area (Å²) in [7, 11) is 0. The van der Waals surface area contributed by atoms with Crippen molar-refractivity contribution in [1.29, 1.82) is 0 Å². The molecule has 1 unspecified atom stereocenters. The number of hydrogen-bond donors (Lipinski definition) is 0. The lowest BCUT2D eigenvalue weighted by Crippen LogP contribution is -2.33. The predicted octanol–water partition coefficient (Wildman–Crippen LogP) is 6.30. The summed E-state index contributed by atoms with van der Waals surface area (Å²) in [5, 5.41) is 1.38. The van der Waals surface area contributed by atoms with E-state index in [0.29, 0.717) is 5.25 Å². The summed E-state index contributed by atoms with van der Waals surface area (Å²) in [6.07, 6.45) is 0. The van der Waals surface area contributed by atoms with E-state index in [-0.39, 0.29) is 0 Å². The molecule has 132 valence electrons. The molecule has 0 spiro atoms. The molecule has 3 heteroatoms.